The van der Waals surface area contributed by atoms with E-state index in [1.807, 2.05) is 0 Å². The van der Waals surface area contributed by atoms with Crippen LogP contribution in [0.15, 0.2) is 15.8 Å². The third-order valence-electron chi connectivity index (χ3n) is 3.10. The largest absolute Gasteiger partial charge is 0.395 e. The summed E-state index contributed by atoms with van der Waals surface area (Å²) >= 11 is 6.94. The number of nitrogens with one attached hydrogen (secondary N) is 1. The number of aromatic nitrogens is 2. The van der Waals surface area contributed by atoms with Crippen molar-refractivity contribution in [2.24, 2.45) is 0 Å². The van der Waals surface area contributed by atoms with Crippen molar-refractivity contribution in [3.8, 4) is 0 Å². The molecule has 8 heteroatoms. The quantitative estimate of drug-likeness (QED) is 0.662. The van der Waals surface area contributed by atoms with Gasteiger partial charge in [-0.1, -0.05) is 0 Å². The molecule has 0 spiro atoms. The van der Waals surface area contributed by atoms with Crippen molar-refractivity contribution >= 4 is 23.4 Å². The molecule has 2 rings (SSSR count). The molecule has 1 aliphatic heterocycles. The lowest BCUT2D eigenvalue weighted by Crippen LogP contribution is -2.33. The summed E-state index contributed by atoms with van der Waals surface area (Å²) in [4.78, 5) is 25.6. The second kappa shape index (κ2) is 6.13. The molecule has 1 fully saturated rings. The third kappa shape index (κ3) is 3.05. The molecular weight excluding hydrogens is 292 g/mol. The van der Waals surface area contributed by atoms with Crippen LogP contribution in [-0.2, 0) is 6.42 Å². The van der Waals surface area contributed by atoms with E-state index in [1.54, 1.807) is 0 Å². The first-order chi connectivity index (χ1) is 9.06. The molecule has 2 heterocycles. The number of aryl methyl sites for hydroxylation is 1. The SMILES string of the molecule is O=c1[nH]c(=O)n([C@@H]2CC(O)[C@@H](CO)S2)cc1CCCl. The molecule has 0 saturated carbocycles. The minimum absolute atomic E-state index is 0.144. The number of nitrogens with zero attached hydrogens (tertiary/aromatic N) is 1. The van der Waals surface area contributed by atoms with E-state index in [9.17, 15) is 14.7 Å². The molecule has 106 valence electrons. The summed E-state index contributed by atoms with van der Waals surface area (Å²) in [7, 11) is 0. The Bertz CT molecular complexity index is 558. The number of hydrogen-bond donors (Lipinski definition) is 3. The van der Waals surface area contributed by atoms with Crippen LogP contribution in [0.4, 0.5) is 0 Å². The van der Waals surface area contributed by atoms with Gasteiger partial charge in [-0.2, -0.15) is 0 Å². The summed E-state index contributed by atoms with van der Waals surface area (Å²) in [5.41, 5.74) is -0.493. The second-order valence-electron chi connectivity index (χ2n) is 4.37. The van der Waals surface area contributed by atoms with E-state index < -0.39 is 17.4 Å². The van der Waals surface area contributed by atoms with E-state index in [4.69, 9.17) is 16.7 Å². The van der Waals surface area contributed by atoms with E-state index in [2.05, 4.69) is 4.98 Å². The zero-order valence-electron chi connectivity index (χ0n) is 10.1. The van der Waals surface area contributed by atoms with Crippen molar-refractivity contribution in [1.82, 2.24) is 9.55 Å². The lowest BCUT2D eigenvalue weighted by molar-refractivity contribution is 0.137. The van der Waals surface area contributed by atoms with E-state index in [-0.39, 0.29) is 17.2 Å². The number of alkyl halides is 1. The summed E-state index contributed by atoms with van der Waals surface area (Å²) in [5, 5.41) is 18.3. The van der Waals surface area contributed by atoms with Crippen LogP contribution in [0.25, 0.3) is 0 Å². The fourth-order valence-electron chi connectivity index (χ4n) is 2.07. The Labute approximate surface area is 118 Å². The Morgan fingerprint density at radius 2 is 2.26 bits per heavy atom. The highest BCUT2D eigenvalue weighted by atomic mass is 35.5. The fraction of sp³-hybridized carbons (Fsp3) is 0.636. The van der Waals surface area contributed by atoms with Gasteiger partial charge in [-0.15, -0.1) is 23.4 Å². The van der Waals surface area contributed by atoms with E-state index >= 15 is 0 Å². The Balaban J connectivity index is 2.33. The van der Waals surface area contributed by atoms with Gasteiger partial charge in [0.25, 0.3) is 5.56 Å². The fourth-order valence-corrected chi connectivity index (χ4v) is 3.65. The van der Waals surface area contributed by atoms with E-state index in [0.717, 1.165) is 0 Å². The highest BCUT2D eigenvalue weighted by Gasteiger charge is 2.34. The predicted molar refractivity (Wildman–Crippen MR) is 73.9 cm³/mol. The van der Waals surface area contributed by atoms with Gasteiger partial charge in [0.05, 0.1) is 23.3 Å². The number of aliphatic hydroxyl groups is 2. The van der Waals surface area contributed by atoms with Gasteiger partial charge in [0.1, 0.15) is 0 Å². The van der Waals surface area contributed by atoms with Crippen molar-refractivity contribution in [3.05, 3.63) is 32.6 Å². The molecule has 19 heavy (non-hydrogen) atoms. The highest BCUT2D eigenvalue weighted by molar-refractivity contribution is 8.00. The number of halogens is 1. The molecule has 0 bridgehead atoms. The second-order valence-corrected chi connectivity index (χ2v) is 6.17. The van der Waals surface area contributed by atoms with Crippen LogP contribution < -0.4 is 11.2 Å². The number of thioether (sulfide) groups is 1. The molecule has 0 amide bonds. The zero-order chi connectivity index (χ0) is 14.0. The summed E-state index contributed by atoms with van der Waals surface area (Å²) in [6.07, 6.45) is 1.58. The summed E-state index contributed by atoms with van der Waals surface area (Å²) < 4.78 is 1.40. The molecule has 6 nitrogen and oxygen atoms in total. The van der Waals surface area contributed by atoms with Crippen molar-refractivity contribution in [2.45, 2.75) is 29.6 Å². The van der Waals surface area contributed by atoms with Crippen LogP contribution in [0.3, 0.4) is 0 Å². The van der Waals surface area contributed by atoms with Gasteiger partial charge >= 0.3 is 5.69 Å². The van der Waals surface area contributed by atoms with Crippen molar-refractivity contribution in [1.29, 1.82) is 0 Å². The van der Waals surface area contributed by atoms with Crippen molar-refractivity contribution in [2.75, 3.05) is 12.5 Å². The van der Waals surface area contributed by atoms with Gasteiger partial charge in [-0.05, 0) is 6.42 Å². The molecule has 1 aromatic rings. The standard InChI is InChI=1S/C11H15ClN2O4S/c12-2-1-6-4-14(11(18)13-10(6)17)9-3-7(16)8(5-15)19-9/h4,7-9,15-16H,1-3,5H2,(H,13,17,18)/t7?,8-,9+/m1/s1. The predicted octanol–water partition coefficient (Wildman–Crippen LogP) is -0.325. The third-order valence-corrected chi connectivity index (χ3v) is 4.84. The first-order valence-electron chi connectivity index (χ1n) is 5.91. The Hall–Kier alpha value is -0.760. The Morgan fingerprint density at radius 1 is 1.53 bits per heavy atom. The number of H-pyrrole nitrogens is 1. The van der Waals surface area contributed by atoms with Gasteiger partial charge < -0.3 is 10.2 Å². The van der Waals surface area contributed by atoms with Crippen LogP contribution in [-0.4, -0.2) is 43.6 Å². The number of rotatable bonds is 4. The van der Waals surface area contributed by atoms with Gasteiger partial charge in [0.15, 0.2) is 0 Å². The van der Waals surface area contributed by atoms with Gasteiger partial charge in [-0.25, -0.2) is 4.79 Å². The lowest BCUT2D eigenvalue weighted by Gasteiger charge is -2.13. The van der Waals surface area contributed by atoms with Crippen LogP contribution >= 0.6 is 23.4 Å². The normalized spacial score (nSPS) is 26.8. The molecular formula is C11H15ClN2O4S. The van der Waals surface area contributed by atoms with Crippen LogP contribution in [0, 0.1) is 0 Å². The Morgan fingerprint density at radius 3 is 2.84 bits per heavy atom. The summed E-state index contributed by atoms with van der Waals surface area (Å²) in [6, 6.07) is 0. The maximum Gasteiger partial charge on any atom is 0.329 e. The number of aliphatic hydroxyl groups excluding tert-OH is 2. The first kappa shape index (κ1) is 14.6. The smallest absolute Gasteiger partial charge is 0.329 e. The molecule has 1 saturated heterocycles. The number of aromatic amines is 1. The molecule has 1 aromatic heterocycles. The molecule has 3 N–H and O–H groups in total. The molecule has 3 atom stereocenters. The number of hydrogen-bond acceptors (Lipinski definition) is 5. The molecule has 1 aliphatic rings. The first-order valence-corrected chi connectivity index (χ1v) is 7.39. The summed E-state index contributed by atoms with van der Waals surface area (Å²) in [6.45, 7) is -0.144. The summed E-state index contributed by atoms with van der Waals surface area (Å²) in [5.74, 6) is 0.293. The van der Waals surface area contributed by atoms with Crippen LogP contribution in [0.5, 0.6) is 0 Å². The van der Waals surface area contributed by atoms with Crippen molar-refractivity contribution < 1.29 is 10.2 Å². The van der Waals surface area contributed by atoms with Gasteiger partial charge in [-0.3, -0.25) is 14.3 Å². The average molecular weight is 307 g/mol. The topological polar surface area (TPSA) is 95.3 Å². The zero-order valence-corrected chi connectivity index (χ0v) is 11.7. The molecule has 0 radical (unpaired) electrons. The molecule has 0 aliphatic carbocycles. The lowest BCUT2D eigenvalue weighted by atomic mass is 10.2. The maximum absolute atomic E-state index is 11.8. The highest BCUT2D eigenvalue weighted by Crippen LogP contribution is 2.40. The van der Waals surface area contributed by atoms with Gasteiger partial charge in [0, 0.05) is 24.1 Å². The minimum atomic E-state index is -0.657. The monoisotopic (exact) mass is 306 g/mol. The van der Waals surface area contributed by atoms with Crippen molar-refractivity contribution in [3.63, 3.8) is 0 Å². The maximum atomic E-state index is 11.8. The average Bonchev–Trinajstić information content (AvgIpc) is 2.74. The van der Waals surface area contributed by atoms with E-state index in [0.29, 0.717) is 24.3 Å². The molecule has 0 aromatic carbocycles. The van der Waals surface area contributed by atoms with Crippen LogP contribution in [0.2, 0.25) is 0 Å². The van der Waals surface area contributed by atoms with Gasteiger partial charge in [0.2, 0.25) is 0 Å². The molecule has 1 unspecified atom stereocenters. The van der Waals surface area contributed by atoms with Crippen LogP contribution in [0.1, 0.15) is 17.4 Å². The minimum Gasteiger partial charge on any atom is -0.395 e. The van der Waals surface area contributed by atoms with E-state index in [1.165, 1.54) is 22.5 Å². The Kier molecular flexibility index (Phi) is 4.72.